The summed E-state index contributed by atoms with van der Waals surface area (Å²) in [5.74, 6) is 2.30. The first-order valence-electron chi connectivity index (χ1n) is 9.18. The molecule has 1 aliphatic carbocycles. The number of anilines is 1. The van der Waals surface area contributed by atoms with Crippen LogP contribution in [0.4, 0.5) is 5.13 Å². The van der Waals surface area contributed by atoms with Gasteiger partial charge in [-0.1, -0.05) is 12.8 Å². The highest BCUT2D eigenvalue weighted by Gasteiger charge is 2.32. The second-order valence-electron chi connectivity index (χ2n) is 7.21. The summed E-state index contributed by atoms with van der Waals surface area (Å²) in [5.41, 5.74) is 0. The molecular formula is C17H26N4OS. The normalized spacial score (nSPS) is 23.8. The maximum absolute atomic E-state index is 12.7. The zero-order chi connectivity index (χ0) is 15.6. The lowest BCUT2D eigenvalue weighted by atomic mass is 9.95. The van der Waals surface area contributed by atoms with Crippen LogP contribution in [0.15, 0.2) is 0 Å². The molecule has 0 radical (unpaired) electrons. The van der Waals surface area contributed by atoms with Crippen LogP contribution in [0.5, 0.6) is 0 Å². The van der Waals surface area contributed by atoms with Crippen molar-refractivity contribution < 1.29 is 4.79 Å². The molecule has 3 aliphatic rings. The van der Waals surface area contributed by atoms with Crippen LogP contribution in [0.1, 0.15) is 63.1 Å². The zero-order valence-electron chi connectivity index (χ0n) is 13.7. The summed E-state index contributed by atoms with van der Waals surface area (Å²) in [6.45, 7) is 3.84. The highest BCUT2D eigenvalue weighted by Crippen LogP contribution is 2.40. The molecule has 0 atom stereocenters. The molecule has 3 fully saturated rings. The number of aromatic nitrogens is 2. The van der Waals surface area contributed by atoms with E-state index in [-0.39, 0.29) is 5.92 Å². The average Bonchev–Trinajstić information content (AvgIpc) is 3.38. The summed E-state index contributed by atoms with van der Waals surface area (Å²) in [7, 11) is 0. The first-order valence-corrected chi connectivity index (χ1v) is 9.96. The van der Waals surface area contributed by atoms with Crippen molar-refractivity contribution in [2.24, 2.45) is 5.92 Å². The van der Waals surface area contributed by atoms with E-state index in [2.05, 4.69) is 14.2 Å². The van der Waals surface area contributed by atoms with Crippen molar-refractivity contribution in [1.82, 2.24) is 14.3 Å². The Kier molecular flexibility index (Phi) is 4.51. The van der Waals surface area contributed by atoms with Gasteiger partial charge < -0.3 is 9.80 Å². The first kappa shape index (κ1) is 15.4. The van der Waals surface area contributed by atoms with Gasteiger partial charge in [0, 0.05) is 49.5 Å². The van der Waals surface area contributed by atoms with Crippen LogP contribution in [0.25, 0.3) is 0 Å². The second kappa shape index (κ2) is 6.75. The summed E-state index contributed by atoms with van der Waals surface area (Å²) in [6, 6.07) is 0. The molecule has 1 saturated carbocycles. The molecule has 1 aromatic rings. The monoisotopic (exact) mass is 334 g/mol. The van der Waals surface area contributed by atoms with Gasteiger partial charge in [-0.2, -0.15) is 4.37 Å². The van der Waals surface area contributed by atoms with Crippen molar-refractivity contribution in [1.29, 1.82) is 0 Å². The highest BCUT2D eigenvalue weighted by molar-refractivity contribution is 7.09. The van der Waals surface area contributed by atoms with Crippen molar-refractivity contribution in [3.63, 3.8) is 0 Å². The van der Waals surface area contributed by atoms with Gasteiger partial charge in [-0.3, -0.25) is 4.79 Å². The van der Waals surface area contributed by atoms with Crippen LogP contribution in [-0.4, -0.2) is 46.3 Å². The lowest BCUT2D eigenvalue weighted by Crippen LogP contribution is -2.43. The number of hydrogen-bond donors (Lipinski definition) is 0. The third-order valence-electron chi connectivity index (χ3n) is 5.41. The molecule has 6 heteroatoms. The molecule has 3 heterocycles. The molecule has 2 saturated heterocycles. The minimum Gasteiger partial charge on any atom is -0.347 e. The van der Waals surface area contributed by atoms with Crippen molar-refractivity contribution in [3.05, 3.63) is 5.82 Å². The number of rotatable bonds is 3. The Morgan fingerprint density at radius 3 is 2.30 bits per heavy atom. The smallest absolute Gasteiger partial charge is 0.225 e. The number of carbonyl (C=O) groups is 1. The summed E-state index contributed by atoms with van der Waals surface area (Å²) in [5, 5.41) is 1.06. The first-order chi connectivity index (χ1) is 11.3. The van der Waals surface area contributed by atoms with E-state index in [0.29, 0.717) is 11.8 Å². The molecule has 1 aromatic heterocycles. The summed E-state index contributed by atoms with van der Waals surface area (Å²) in [6.07, 6.45) is 9.36. The van der Waals surface area contributed by atoms with E-state index < -0.39 is 0 Å². The SMILES string of the molecule is O=C(C1CCN(c2nc(C3CC3)ns2)CC1)N1CCCCCC1. The molecule has 23 heavy (non-hydrogen) atoms. The van der Waals surface area contributed by atoms with E-state index in [1.807, 2.05) is 0 Å². The fourth-order valence-corrected chi connectivity index (χ4v) is 4.53. The van der Waals surface area contributed by atoms with Crippen molar-refractivity contribution >= 4 is 22.6 Å². The lowest BCUT2D eigenvalue weighted by Gasteiger charge is -2.33. The number of nitrogens with zero attached hydrogens (tertiary/aromatic N) is 4. The molecule has 0 N–H and O–H groups in total. The minimum absolute atomic E-state index is 0.222. The maximum Gasteiger partial charge on any atom is 0.225 e. The Balaban J connectivity index is 1.31. The van der Waals surface area contributed by atoms with E-state index in [4.69, 9.17) is 4.98 Å². The molecular weight excluding hydrogens is 308 g/mol. The Morgan fingerprint density at radius 1 is 0.957 bits per heavy atom. The number of likely N-dealkylation sites (tertiary alicyclic amines) is 1. The average molecular weight is 334 g/mol. The van der Waals surface area contributed by atoms with E-state index in [1.165, 1.54) is 50.1 Å². The number of hydrogen-bond acceptors (Lipinski definition) is 5. The Hall–Kier alpha value is -1.17. The van der Waals surface area contributed by atoms with Gasteiger partial charge in [0.15, 0.2) is 0 Å². The van der Waals surface area contributed by atoms with Gasteiger partial charge in [-0.25, -0.2) is 4.98 Å². The molecule has 1 amide bonds. The van der Waals surface area contributed by atoms with Crippen LogP contribution >= 0.6 is 11.5 Å². The fourth-order valence-electron chi connectivity index (χ4n) is 3.73. The van der Waals surface area contributed by atoms with E-state index >= 15 is 0 Å². The van der Waals surface area contributed by atoms with Gasteiger partial charge in [0.25, 0.3) is 0 Å². The van der Waals surface area contributed by atoms with E-state index in [9.17, 15) is 4.79 Å². The lowest BCUT2D eigenvalue weighted by molar-refractivity contribution is -0.136. The van der Waals surface area contributed by atoms with Crippen LogP contribution < -0.4 is 4.90 Å². The predicted molar refractivity (Wildman–Crippen MR) is 91.9 cm³/mol. The quantitative estimate of drug-likeness (QED) is 0.852. The molecule has 126 valence electrons. The van der Waals surface area contributed by atoms with Crippen LogP contribution in [0, 0.1) is 5.92 Å². The van der Waals surface area contributed by atoms with Crippen LogP contribution in [0.2, 0.25) is 0 Å². The largest absolute Gasteiger partial charge is 0.347 e. The summed E-state index contributed by atoms with van der Waals surface area (Å²) < 4.78 is 4.51. The number of carbonyl (C=O) groups excluding carboxylic acids is 1. The Morgan fingerprint density at radius 2 is 1.65 bits per heavy atom. The van der Waals surface area contributed by atoms with Gasteiger partial charge in [-0.05, 0) is 38.5 Å². The number of amides is 1. The molecule has 2 aliphatic heterocycles. The standard InChI is InChI=1S/C17H26N4OS/c22-16(20-9-3-1-2-4-10-20)14-7-11-21(12-8-14)17-18-15(19-23-17)13-5-6-13/h13-14H,1-12H2. The van der Waals surface area contributed by atoms with Crippen LogP contribution in [0.3, 0.4) is 0 Å². The van der Waals surface area contributed by atoms with Gasteiger partial charge in [-0.15, -0.1) is 0 Å². The Bertz CT molecular complexity index is 541. The van der Waals surface area contributed by atoms with Crippen LogP contribution in [-0.2, 0) is 4.79 Å². The van der Waals surface area contributed by atoms with Crippen molar-refractivity contribution in [2.45, 2.75) is 57.3 Å². The third-order valence-corrected chi connectivity index (χ3v) is 6.20. The third kappa shape index (κ3) is 3.52. The highest BCUT2D eigenvalue weighted by atomic mass is 32.1. The van der Waals surface area contributed by atoms with E-state index in [0.717, 1.165) is 50.0 Å². The molecule has 4 rings (SSSR count). The predicted octanol–water partition coefficient (Wildman–Crippen LogP) is 3.03. The van der Waals surface area contributed by atoms with E-state index in [1.54, 1.807) is 0 Å². The van der Waals surface area contributed by atoms with Gasteiger partial charge >= 0.3 is 0 Å². The topological polar surface area (TPSA) is 49.3 Å². The molecule has 0 bridgehead atoms. The Labute approximate surface area is 142 Å². The minimum atomic E-state index is 0.222. The van der Waals surface area contributed by atoms with Crippen molar-refractivity contribution in [2.75, 3.05) is 31.1 Å². The molecule has 5 nitrogen and oxygen atoms in total. The summed E-state index contributed by atoms with van der Waals surface area (Å²) in [4.78, 5) is 21.9. The molecule has 0 aromatic carbocycles. The fraction of sp³-hybridized carbons (Fsp3) is 0.824. The van der Waals surface area contributed by atoms with Gasteiger partial charge in [0.1, 0.15) is 5.82 Å². The molecule has 0 unspecified atom stereocenters. The van der Waals surface area contributed by atoms with Gasteiger partial charge in [0.2, 0.25) is 11.0 Å². The second-order valence-corrected chi connectivity index (χ2v) is 7.94. The summed E-state index contributed by atoms with van der Waals surface area (Å²) >= 11 is 1.53. The van der Waals surface area contributed by atoms with Crippen molar-refractivity contribution in [3.8, 4) is 0 Å². The zero-order valence-corrected chi connectivity index (χ0v) is 14.6. The maximum atomic E-state index is 12.7. The number of piperidine rings is 1. The molecule has 0 spiro atoms. The van der Waals surface area contributed by atoms with Gasteiger partial charge in [0.05, 0.1) is 0 Å².